The lowest BCUT2D eigenvalue weighted by atomic mass is 10.2. The number of rotatable bonds is 1. The number of nitrogens with two attached hydrogens (primary N) is 1. The van der Waals surface area contributed by atoms with Gasteiger partial charge < -0.3 is 10.7 Å². The van der Waals surface area contributed by atoms with Crippen molar-refractivity contribution < 1.29 is 0 Å². The summed E-state index contributed by atoms with van der Waals surface area (Å²) in [4.78, 5) is 21.9. The fourth-order valence-corrected chi connectivity index (χ4v) is 1.25. The highest BCUT2D eigenvalue weighted by atomic mass is 16.1. The van der Waals surface area contributed by atoms with E-state index >= 15 is 0 Å². The van der Waals surface area contributed by atoms with Crippen molar-refractivity contribution in [2.75, 3.05) is 5.73 Å². The molecule has 2 aromatic rings. The summed E-state index contributed by atoms with van der Waals surface area (Å²) in [5.41, 5.74) is 7.65. The maximum atomic E-state index is 11.1. The standard InChI is InChI=1S/C10H10N4O/c1-6-3-12-5-9(14-6)7-2-8(11)10(15)13-4-7/h2-5H,11H2,1H3,(H,13,15). The summed E-state index contributed by atoms with van der Waals surface area (Å²) >= 11 is 0. The molecule has 0 bridgehead atoms. The summed E-state index contributed by atoms with van der Waals surface area (Å²) in [6.45, 7) is 1.85. The summed E-state index contributed by atoms with van der Waals surface area (Å²) in [5, 5.41) is 0. The molecule has 0 spiro atoms. The Labute approximate surface area is 86.0 Å². The first-order chi connectivity index (χ1) is 7.16. The number of aryl methyl sites for hydroxylation is 1. The van der Waals surface area contributed by atoms with E-state index < -0.39 is 0 Å². The molecule has 76 valence electrons. The minimum Gasteiger partial charge on any atom is -0.394 e. The molecule has 0 aliphatic carbocycles. The zero-order chi connectivity index (χ0) is 10.8. The zero-order valence-electron chi connectivity index (χ0n) is 8.19. The third-order valence-corrected chi connectivity index (χ3v) is 1.98. The van der Waals surface area contributed by atoms with Crippen molar-refractivity contribution in [3.8, 4) is 11.3 Å². The second-order valence-electron chi connectivity index (χ2n) is 3.22. The Morgan fingerprint density at radius 3 is 2.87 bits per heavy atom. The van der Waals surface area contributed by atoms with Gasteiger partial charge in [0.25, 0.3) is 5.56 Å². The molecule has 0 radical (unpaired) electrons. The van der Waals surface area contributed by atoms with Crippen LogP contribution in [0.25, 0.3) is 11.3 Å². The Hall–Kier alpha value is -2.17. The summed E-state index contributed by atoms with van der Waals surface area (Å²) in [7, 11) is 0. The fourth-order valence-electron chi connectivity index (χ4n) is 1.25. The summed E-state index contributed by atoms with van der Waals surface area (Å²) in [6, 6.07) is 1.59. The van der Waals surface area contributed by atoms with Crippen molar-refractivity contribution in [3.63, 3.8) is 0 Å². The normalized spacial score (nSPS) is 10.2. The number of nitrogens with one attached hydrogen (secondary N) is 1. The minimum absolute atomic E-state index is 0.177. The van der Waals surface area contributed by atoms with Crippen LogP contribution in [-0.4, -0.2) is 15.0 Å². The Kier molecular flexibility index (Phi) is 2.21. The average molecular weight is 202 g/mol. The van der Waals surface area contributed by atoms with E-state index in [4.69, 9.17) is 5.73 Å². The Balaban J connectivity index is 2.55. The van der Waals surface area contributed by atoms with Crippen molar-refractivity contribution >= 4 is 5.69 Å². The van der Waals surface area contributed by atoms with Crippen molar-refractivity contribution in [2.45, 2.75) is 6.92 Å². The monoisotopic (exact) mass is 202 g/mol. The molecule has 0 saturated heterocycles. The number of aromatic amines is 1. The van der Waals surface area contributed by atoms with Crippen molar-refractivity contribution in [3.05, 3.63) is 40.7 Å². The van der Waals surface area contributed by atoms with Crippen molar-refractivity contribution in [2.24, 2.45) is 0 Å². The van der Waals surface area contributed by atoms with Gasteiger partial charge in [-0.3, -0.25) is 9.78 Å². The SMILES string of the molecule is Cc1cncc(-c2c[nH]c(=O)c(N)c2)n1. The molecule has 0 amide bonds. The topological polar surface area (TPSA) is 84.7 Å². The number of H-pyrrole nitrogens is 1. The molecule has 0 atom stereocenters. The van der Waals surface area contributed by atoms with E-state index in [1.807, 2.05) is 6.92 Å². The van der Waals surface area contributed by atoms with Gasteiger partial charge >= 0.3 is 0 Å². The maximum absolute atomic E-state index is 11.1. The van der Waals surface area contributed by atoms with Gasteiger partial charge in [0.05, 0.1) is 23.3 Å². The zero-order valence-corrected chi connectivity index (χ0v) is 8.19. The number of nitrogens with zero attached hydrogens (tertiary/aromatic N) is 2. The quantitative estimate of drug-likeness (QED) is 0.713. The number of nitrogen functional groups attached to an aromatic ring is 1. The molecule has 0 aliphatic heterocycles. The first-order valence-electron chi connectivity index (χ1n) is 4.44. The van der Waals surface area contributed by atoms with E-state index in [0.717, 1.165) is 11.3 Å². The lowest BCUT2D eigenvalue weighted by molar-refractivity contribution is 1.12. The molecule has 2 heterocycles. The molecular formula is C10H10N4O. The van der Waals surface area contributed by atoms with Gasteiger partial charge in [0.1, 0.15) is 0 Å². The van der Waals surface area contributed by atoms with Gasteiger partial charge in [-0.1, -0.05) is 0 Å². The predicted molar refractivity (Wildman–Crippen MR) is 57.2 cm³/mol. The minimum atomic E-state index is -0.292. The number of aromatic nitrogens is 3. The van der Waals surface area contributed by atoms with Gasteiger partial charge in [0.2, 0.25) is 0 Å². The van der Waals surface area contributed by atoms with Crippen molar-refractivity contribution in [1.82, 2.24) is 15.0 Å². The maximum Gasteiger partial charge on any atom is 0.271 e. The molecule has 2 rings (SSSR count). The third-order valence-electron chi connectivity index (χ3n) is 1.98. The smallest absolute Gasteiger partial charge is 0.271 e. The molecule has 0 aromatic carbocycles. The van der Waals surface area contributed by atoms with E-state index in [1.54, 1.807) is 24.7 Å². The molecule has 0 aliphatic rings. The molecule has 5 nitrogen and oxygen atoms in total. The van der Waals surface area contributed by atoms with Crippen LogP contribution in [0.4, 0.5) is 5.69 Å². The second-order valence-corrected chi connectivity index (χ2v) is 3.22. The molecule has 15 heavy (non-hydrogen) atoms. The van der Waals surface area contributed by atoms with Gasteiger partial charge in [-0.05, 0) is 13.0 Å². The first kappa shape index (κ1) is 9.39. The van der Waals surface area contributed by atoms with E-state index in [2.05, 4.69) is 15.0 Å². The third kappa shape index (κ3) is 1.85. The highest BCUT2D eigenvalue weighted by Gasteiger charge is 2.02. The average Bonchev–Trinajstić information content (AvgIpc) is 2.22. The fraction of sp³-hybridized carbons (Fsp3) is 0.100. The summed E-state index contributed by atoms with van der Waals surface area (Å²) in [6.07, 6.45) is 4.86. The lowest BCUT2D eigenvalue weighted by Crippen LogP contribution is -2.10. The van der Waals surface area contributed by atoms with Crippen LogP contribution in [-0.2, 0) is 0 Å². The molecule has 0 saturated carbocycles. The van der Waals surface area contributed by atoms with Gasteiger partial charge in [0, 0.05) is 18.0 Å². The molecule has 0 fully saturated rings. The predicted octanol–water partition coefficient (Wildman–Crippen LogP) is 0.723. The van der Waals surface area contributed by atoms with Crippen LogP contribution in [0.3, 0.4) is 0 Å². The number of hydrogen-bond acceptors (Lipinski definition) is 4. The van der Waals surface area contributed by atoms with E-state index in [0.29, 0.717) is 5.69 Å². The van der Waals surface area contributed by atoms with Crippen LogP contribution in [0.5, 0.6) is 0 Å². The van der Waals surface area contributed by atoms with Crippen LogP contribution >= 0.6 is 0 Å². The molecular weight excluding hydrogens is 192 g/mol. The molecule has 3 N–H and O–H groups in total. The molecule has 0 unspecified atom stereocenters. The Morgan fingerprint density at radius 1 is 1.40 bits per heavy atom. The number of anilines is 1. The van der Waals surface area contributed by atoms with Crippen LogP contribution in [0.15, 0.2) is 29.5 Å². The van der Waals surface area contributed by atoms with Crippen LogP contribution in [0.1, 0.15) is 5.69 Å². The van der Waals surface area contributed by atoms with Gasteiger partial charge in [-0.25, -0.2) is 4.98 Å². The summed E-state index contributed by atoms with van der Waals surface area (Å²) in [5.74, 6) is 0. The Morgan fingerprint density at radius 2 is 2.20 bits per heavy atom. The van der Waals surface area contributed by atoms with E-state index in [-0.39, 0.29) is 11.2 Å². The van der Waals surface area contributed by atoms with Crippen LogP contribution in [0.2, 0.25) is 0 Å². The first-order valence-corrected chi connectivity index (χ1v) is 4.44. The largest absolute Gasteiger partial charge is 0.394 e. The lowest BCUT2D eigenvalue weighted by Gasteiger charge is -2.01. The molecule has 2 aromatic heterocycles. The number of pyridine rings is 1. The second kappa shape index (κ2) is 3.53. The molecule has 5 heteroatoms. The van der Waals surface area contributed by atoms with E-state index in [9.17, 15) is 4.79 Å². The van der Waals surface area contributed by atoms with Crippen LogP contribution < -0.4 is 11.3 Å². The van der Waals surface area contributed by atoms with Gasteiger partial charge in [0.15, 0.2) is 0 Å². The highest BCUT2D eigenvalue weighted by Crippen LogP contribution is 2.15. The number of hydrogen-bond donors (Lipinski definition) is 2. The summed E-state index contributed by atoms with van der Waals surface area (Å²) < 4.78 is 0. The van der Waals surface area contributed by atoms with Gasteiger partial charge in [-0.15, -0.1) is 0 Å². The highest BCUT2D eigenvalue weighted by molar-refractivity contribution is 5.61. The van der Waals surface area contributed by atoms with Crippen molar-refractivity contribution in [1.29, 1.82) is 0 Å². The Bertz CT molecular complexity index is 547. The van der Waals surface area contributed by atoms with Gasteiger partial charge in [-0.2, -0.15) is 0 Å². The van der Waals surface area contributed by atoms with Crippen LogP contribution in [0, 0.1) is 6.92 Å². The van der Waals surface area contributed by atoms with E-state index in [1.165, 1.54) is 0 Å².